The van der Waals surface area contributed by atoms with Gasteiger partial charge in [-0.3, -0.25) is 9.59 Å². The van der Waals surface area contributed by atoms with Crippen LogP contribution >= 0.6 is 0 Å². The third kappa shape index (κ3) is 7.43. The Balaban J connectivity index is 4.43. The van der Waals surface area contributed by atoms with E-state index in [-0.39, 0.29) is 24.9 Å². The van der Waals surface area contributed by atoms with Gasteiger partial charge in [-0.05, 0) is 13.3 Å². The first-order chi connectivity index (χ1) is 8.90. The number of unbranched alkanes of at least 4 members (excludes halogenated alkanes) is 2. The average molecular weight is 272 g/mol. The summed E-state index contributed by atoms with van der Waals surface area (Å²) in [6.07, 6.45) is 3.07. The van der Waals surface area contributed by atoms with E-state index in [0.29, 0.717) is 6.42 Å². The Morgan fingerprint density at radius 2 is 1.89 bits per heavy atom. The minimum atomic E-state index is -1.04. The van der Waals surface area contributed by atoms with E-state index in [1.165, 1.54) is 18.7 Å². The van der Waals surface area contributed by atoms with E-state index >= 15 is 0 Å². The number of nitrogens with zero attached hydrogens (tertiary/aromatic N) is 1. The summed E-state index contributed by atoms with van der Waals surface area (Å²) in [5.74, 6) is -1.40. The summed E-state index contributed by atoms with van der Waals surface area (Å²) in [5.41, 5.74) is 0. The predicted octanol–water partition coefficient (Wildman–Crippen LogP) is 1.00. The van der Waals surface area contributed by atoms with Crippen LogP contribution in [-0.4, -0.2) is 46.9 Å². The molecule has 0 aliphatic carbocycles. The molecule has 0 saturated carbocycles. The Hall–Kier alpha value is -1.59. The number of rotatable bonds is 9. The number of aliphatic carboxylic acids is 1. The Bertz CT molecular complexity index is 318. The van der Waals surface area contributed by atoms with E-state index < -0.39 is 12.0 Å². The minimum Gasteiger partial charge on any atom is -0.480 e. The highest BCUT2D eigenvalue weighted by molar-refractivity contribution is 5.83. The van der Waals surface area contributed by atoms with Gasteiger partial charge in [-0.25, -0.2) is 4.79 Å². The van der Waals surface area contributed by atoms with Gasteiger partial charge in [0.05, 0.1) is 0 Å². The number of hydrogen-bond donors (Lipinski definition) is 2. The van der Waals surface area contributed by atoms with Crippen LogP contribution in [0, 0.1) is 0 Å². The van der Waals surface area contributed by atoms with E-state index in [1.807, 2.05) is 6.92 Å². The van der Waals surface area contributed by atoms with Crippen LogP contribution in [0.25, 0.3) is 0 Å². The normalized spacial score (nSPS) is 11.7. The van der Waals surface area contributed by atoms with E-state index in [0.717, 1.165) is 19.3 Å². The molecular formula is C13H24N2O4. The smallest absolute Gasteiger partial charge is 0.326 e. The second-order valence-electron chi connectivity index (χ2n) is 4.54. The molecule has 0 saturated heterocycles. The lowest BCUT2D eigenvalue weighted by molar-refractivity contribution is -0.149. The number of carbonyl (C=O) groups excluding carboxylic acids is 2. The highest BCUT2D eigenvalue weighted by atomic mass is 16.4. The summed E-state index contributed by atoms with van der Waals surface area (Å²) in [6, 6.07) is -0.872. The standard InChI is InChI=1S/C13H24N2O4/c1-4-5-6-7-12(17)15(10(2)13(18)19)9-8-14-11(3)16/h10H,4-9H2,1-3H3,(H,14,16)(H,18,19). The van der Waals surface area contributed by atoms with Gasteiger partial charge in [-0.2, -0.15) is 0 Å². The Labute approximate surface area is 114 Å². The van der Waals surface area contributed by atoms with Gasteiger partial charge in [0.2, 0.25) is 11.8 Å². The molecule has 0 aromatic carbocycles. The van der Waals surface area contributed by atoms with Gasteiger partial charge in [0, 0.05) is 26.4 Å². The highest BCUT2D eigenvalue weighted by Gasteiger charge is 2.24. The summed E-state index contributed by atoms with van der Waals surface area (Å²) in [6.45, 7) is 5.39. The van der Waals surface area contributed by atoms with Crippen molar-refractivity contribution in [2.75, 3.05) is 13.1 Å². The molecule has 110 valence electrons. The summed E-state index contributed by atoms with van der Waals surface area (Å²) < 4.78 is 0. The molecule has 2 N–H and O–H groups in total. The molecule has 6 heteroatoms. The number of nitrogens with one attached hydrogen (secondary N) is 1. The molecule has 0 aromatic heterocycles. The van der Waals surface area contributed by atoms with Crippen LogP contribution in [0.5, 0.6) is 0 Å². The summed E-state index contributed by atoms with van der Waals surface area (Å²) >= 11 is 0. The molecule has 0 aromatic rings. The van der Waals surface area contributed by atoms with Gasteiger partial charge in [0.15, 0.2) is 0 Å². The molecule has 0 fully saturated rings. The van der Waals surface area contributed by atoms with Crippen molar-refractivity contribution in [2.45, 2.75) is 52.5 Å². The molecule has 0 rings (SSSR count). The minimum absolute atomic E-state index is 0.172. The van der Waals surface area contributed by atoms with Crippen molar-refractivity contribution in [1.82, 2.24) is 10.2 Å². The molecule has 19 heavy (non-hydrogen) atoms. The molecule has 0 aliphatic heterocycles. The van der Waals surface area contributed by atoms with Gasteiger partial charge >= 0.3 is 5.97 Å². The van der Waals surface area contributed by atoms with Crippen molar-refractivity contribution >= 4 is 17.8 Å². The van der Waals surface area contributed by atoms with Crippen LogP contribution in [0.1, 0.15) is 46.5 Å². The van der Waals surface area contributed by atoms with Gasteiger partial charge < -0.3 is 15.3 Å². The zero-order valence-electron chi connectivity index (χ0n) is 11.9. The SMILES string of the molecule is CCCCCC(=O)N(CCNC(C)=O)C(C)C(=O)O. The number of hydrogen-bond acceptors (Lipinski definition) is 3. The van der Waals surface area contributed by atoms with E-state index in [4.69, 9.17) is 5.11 Å². The predicted molar refractivity (Wildman–Crippen MR) is 71.6 cm³/mol. The fraction of sp³-hybridized carbons (Fsp3) is 0.769. The van der Waals surface area contributed by atoms with E-state index in [2.05, 4.69) is 5.32 Å². The highest BCUT2D eigenvalue weighted by Crippen LogP contribution is 2.07. The second-order valence-corrected chi connectivity index (χ2v) is 4.54. The zero-order chi connectivity index (χ0) is 14.8. The van der Waals surface area contributed by atoms with Crippen LogP contribution in [-0.2, 0) is 14.4 Å². The maximum absolute atomic E-state index is 12.0. The van der Waals surface area contributed by atoms with Crippen LogP contribution < -0.4 is 5.32 Å². The molecule has 1 atom stereocenters. The van der Waals surface area contributed by atoms with Crippen molar-refractivity contribution < 1.29 is 19.5 Å². The molecule has 2 amide bonds. The van der Waals surface area contributed by atoms with Gasteiger partial charge in [0.25, 0.3) is 0 Å². The average Bonchev–Trinajstić information content (AvgIpc) is 2.33. The van der Waals surface area contributed by atoms with Crippen molar-refractivity contribution in [3.05, 3.63) is 0 Å². The number of carboxylic acid groups (broad SMARTS) is 1. The van der Waals surface area contributed by atoms with E-state index in [9.17, 15) is 14.4 Å². The Kier molecular flexibility index (Phi) is 8.57. The van der Waals surface area contributed by atoms with Crippen LogP contribution in [0.15, 0.2) is 0 Å². The fourth-order valence-corrected chi connectivity index (χ4v) is 1.69. The van der Waals surface area contributed by atoms with Crippen molar-refractivity contribution in [3.63, 3.8) is 0 Å². The Morgan fingerprint density at radius 1 is 1.26 bits per heavy atom. The lowest BCUT2D eigenvalue weighted by Gasteiger charge is -2.26. The van der Waals surface area contributed by atoms with Crippen molar-refractivity contribution in [1.29, 1.82) is 0 Å². The molecule has 0 radical (unpaired) electrons. The first kappa shape index (κ1) is 17.4. The molecule has 0 spiro atoms. The maximum Gasteiger partial charge on any atom is 0.326 e. The first-order valence-electron chi connectivity index (χ1n) is 6.66. The molecule has 1 unspecified atom stereocenters. The molecule has 6 nitrogen and oxygen atoms in total. The summed E-state index contributed by atoms with van der Waals surface area (Å²) in [5, 5.41) is 11.6. The van der Waals surface area contributed by atoms with E-state index in [1.54, 1.807) is 0 Å². The topological polar surface area (TPSA) is 86.7 Å². The monoisotopic (exact) mass is 272 g/mol. The van der Waals surface area contributed by atoms with Crippen LogP contribution in [0.2, 0.25) is 0 Å². The number of carboxylic acids is 1. The quantitative estimate of drug-likeness (QED) is 0.613. The number of carbonyl (C=O) groups is 3. The molecular weight excluding hydrogens is 248 g/mol. The lowest BCUT2D eigenvalue weighted by atomic mass is 10.1. The van der Waals surface area contributed by atoms with Gasteiger partial charge in [-0.1, -0.05) is 19.8 Å². The van der Waals surface area contributed by atoms with Crippen molar-refractivity contribution in [3.8, 4) is 0 Å². The third-order valence-corrected chi connectivity index (χ3v) is 2.87. The molecule has 0 bridgehead atoms. The molecule has 0 aliphatic rings. The van der Waals surface area contributed by atoms with Gasteiger partial charge in [0.1, 0.15) is 6.04 Å². The lowest BCUT2D eigenvalue weighted by Crippen LogP contribution is -2.46. The summed E-state index contributed by atoms with van der Waals surface area (Å²) in [7, 11) is 0. The first-order valence-corrected chi connectivity index (χ1v) is 6.66. The number of amides is 2. The summed E-state index contributed by atoms with van der Waals surface area (Å²) in [4.78, 5) is 35.1. The second kappa shape index (κ2) is 9.35. The van der Waals surface area contributed by atoms with Crippen molar-refractivity contribution in [2.24, 2.45) is 0 Å². The molecule has 0 heterocycles. The zero-order valence-corrected chi connectivity index (χ0v) is 11.9. The van der Waals surface area contributed by atoms with Gasteiger partial charge in [-0.15, -0.1) is 0 Å². The maximum atomic E-state index is 12.0. The largest absolute Gasteiger partial charge is 0.480 e. The fourth-order valence-electron chi connectivity index (χ4n) is 1.69. The Morgan fingerprint density at radius 3 is 2.37 bits per heavy atom. The van der Waals surface area contributed by atoms with Crippen LogP contribution in [0.3, 0.4) is 0 Å². The third-order valence-electron chi connectivity index (χ3n) is 2.87. The van der Waals surface area contributed by atoms with Crippen LogP contribution in [0.4, 0.5) is 0 Å².